The molecule has 1 aromatic heterocycles. The number of methoxy groups -OCH3 is 1. The Morgan fingerprint density at radius 1 is 1.21 bits per heavy atom. The lowest BCUT2D eigenvalue weighted by Crippen LogP contribution is -2.28. The van der Waals surface area contributed by atoms with Gasteiger partial charge in [0.15, 0.2) is 0 Å². The summed E-state index contributed by atoms with van der Waals surface area (Å²) in [6.07, 6.45) is 1.23. The third-order valence-electron chi connectivity index (χ3n) is 3.38. The lowest BCUT2D eigenvalue weighted by Gasteiger charge is -2.21. The Labute approximate surface area is 138 Å². The Kier molecular flexibility index (Phi) is 5.25. The molecule has 0 aliphatic heterocycles. The SMILES string of the molecule is COC(=O)CN(C)c1ncnc(N(C)c2ccccc2)c1[N+](=O)[O-]. The minimum atomic E-state index is -0.558. The second kappa shape index (κ2) is 7.36. The molecule has 0 spiro atoms. The molecule has 2 aromatic rings. The van der Waals surface area contributed by atoms with E-state index in [1.54, 1.807) is 11.9 Å². The second-order valence-electron chi connectivity index (χ2n) is 4.95. The lowest BCUT2D eigenvalue weighted by molar-refractivity contribution is -0.383. The molecule has 126 valence electrons. The number of esters is 1. The van der Waals surface area contributed by atoms with Crippen LogP contribution in [0.3, 0.4) is 0 Å². The lowest BCUT2D eigenvalue weighted by atomic mass is 10.3. The van der Waals surface area contributed by atoms with Crippen LogP contribution in [0.2, 0.25) is 0 Å². The van der Waals surface area contributed by atoms with E-state index in [-0.39, 0.29) is 23.9 Å². The minimum Gasteiger partial charge on any atom is -0.468 e. The molecule has 1 heterocycles. The largest absolute Gasteiger partial charge is 0.468 e. The zero-order valence-corrected chi connectivity index (χ0v) is 13.5. The van der Waals surface area contributed by atoms with Crippen molar-refractivity contribution in [1.82, 2.24) is 9.97 Å². The van der Waals surface area contributed by atoms with Crippen LogP contribution >= 0.6 is 0 Å². The smallest absolute Gasteiger partial charge is 0.353 e. The quantitative estimate of drug-likeness (QED) is 0.448. The molecule has 1 aromatic carbocycles. The standard InChI is InChI=1S/C15H17N5O4/c1-18(9-12(21)24-3)14-13(20(22)23)15(17-10-16-14)19(2)11-7-5-4-6-8-11/h4-8,10H,9H2,1-3H3. The zero-order valence-electron chi connectivity index (χ0n) is 13.5. The summed E-state index contributed by atoms with van der Waals surface area (Å²) in [5, 5.41) is 11.6. The maximum absolute atomic E-state index is 11.6. The van der Waals surface area contributed by atoms with Crippen LogP contribution in [0.25, 0.3) is 0 Å². The molecule has 2 rings (SSSR count). The predicted octanol–water partition coefficient (Wildman–Crippen LogP) is 1.76. The molecule has 0 amide bonds. The summed E-state index contributed by atoms with van der Waals surface area (Å²) >= 11 is 0. The van der Waals surface area contributed by atoms with Crippen molar-refractivity contribution >= 4 is 29.0 Å². The molecule has 9 nitrogen and oxygen atoms in total. The second-order valence-corrected chi connectivity index (χ2v) is 4.95. The Morgan fingerprint density at radius 3 is 2.42 bits per heavy atom. The van der Waals surface area contributed by atoms with Gasteiger partial charge < -0.3 is 14.5 Å². The number of likely N-dealkylation sites (N-methyl/N-ethyl adjacent to an activating group) is 1. The highest BCUT2D eigenvalue weighted by atomic mass is 16.6. The van der Waals surface area contributed by atoms with E-state index < -0.39 is 10.9 Å². The van der Waals surface area contributed by atoms with Gasteiger partial charge in [-0.15, -0.1) is 0 Å². The topological polar surface area (TPSA) is 102 Å². The molecule has 0 radical (unpaired) electrons. The fourth-order valence-electron chi connectivity index (χ4n) is 2.16. The van der Waals surface area contributed by atoms with Crippen LogP contribution in [-0.4, -0.2) is 48.6 Å². The average Bonchev–Trinajstić information content (AvgIpc) is 2.60. The molecule has 0 fully saturated rings. The van der Waals surface area contributed by atoms with Crippen LogP contribution in [0, 0.1) is 10.1 Å². The summed E-state index contributed by atoms with van der Waals surface area (Å²) in [4.78, 5) is 33.4. The molecular weight excluding hydrogens is 314 g/mol. The highest BCUT2D eigenvalue weighted by Crippen LogP contribution is 2.35. The van der Waals surface area contributed by atoms with Gasteiger partial charge in [0.25, 0.3) is 0 Å². The number of benzene rings is 1. The number of carbonyl (C=O) groups excluding carboxylic acids is 1. The summed E-state index contributed by atoms with van der Waals surface area (Å²) in [5.41, 5.74) is 0.455. The first-order chi connectivity index (χ1) is 11.5. The van der Waals surface area contributed by atoms with Crippen molar-refractivity contribution in [2.75, 3.05) is 37.5 Å². The first-order valence-electron chi connectivity index (χ1n) is 7.01. The molecule has 9 heteroatoms. The fourth-order valence-corrected chi connectivity index (χ4v) is 2.16. The van der Waals surface area contributed by atoms with Gasteiger partial charge in [0, 0.05) is 19.8 Å². The van der Waals surface area contributed by atoms with Crippen molar-refractivity contribution in [2.24, 2.45) is 0 Å². The molecule has 0 saturated carbocycles. The fraction of sp³-hybridized carbons (Fsp3) is 0.267. The summed E-state index contributed by atoms with van der Waals surface area (Å²) in [7, 11) is 4.45. The van der Waals surface area contributed by atoms with Crippen molar-refractivity contribution in [3.63, 3.8) is 0 Å². The van der Waals surface area contributed by atoms with Gasteiger partial charge >= 0.3 is 11.7 Å². The monoisotopic (exact) mass is 331 g/mol. The van der Waals surface area contributed by atoms with E-state index in [2.05, 4.69) is 14.7 Å². The first kappa shape index (κ1) is 17.1. The number of aromatic nitrogens is 2. The van der Waals surface area contributed by atoms with Crippen LogP contribution in [0.5, 0.6) is 0 Å². The number of ether oxygens (including phenoxy) is 1. The number of rotatable bonds is 6. The normalized spacial score (nSPS) is 10.1. The van der Waals surface area contributed by atoms with Gasteiger partial charge in [-0.3, -0.25) is 14.9 Å². The average molecular weight is 331 g/mol. The van der Waals surface area contributed by atoms with E-state index in [0.29, 0.717) is 0 Å². The third kappa shape index (κ3) is 3.57. The first-order valence-corrected chi connectivity index (χ1v) is 7.01. The molecular formula is C15H17N5O4. The number of para-hydroxylation sites is 1. The Bertz CT molecular complexity index is 738. The Morgan fingerprint density at radius 2 is 1.83 bits per heavy atom. The molecule has 24 heavy (non-hydrogen) atoms. The van der Waals surface area contributed by atoms with Crippen molar-refractivity contribution in [3.8, 4) is 0 Å². The van der Waals surface area contributed by atoms with E-state index in [1.165, 1.54) is 25.4 Å². The summed E-state index contributed by atoms with van der Waals surface area (Å²) in [6, 6.07) is 9.11. The van der Waals surface area contributed by atoms with Gasteiger partial charge in [-0.05, 0) is 12.1 Å². The van der Waals surface area contributed by atoms with Crippen LogP contribution in [0.4, 0.5) is 23.0 Å². The maximum Gasteiger partial charge on any atom is 0.353 e. The van der Waals surface area contributed by atoms with Crippen molar-refractivity contribution in [2.45, 2.75) is 0 Å². The minimum absolute atomic E-state index is 0.0400. The number of nitrogens with zero attached hydrogens (tertiary/aromatic N) is 5. The third-order valence-corrected chi connectivity index (χ3v) is 3.38. The Balaban J connectivity index is 2.48. The summed E-state index contributed by atoms with van der Waals surface area (Å²) in [5.74, 6) is -0.352. The molecule has 0 saturated heterocycles. The summed E-state index contributed by atoms with van der Waals surface area (Å²) in [6.45, 7) is -0.164. The van der Waals surface area contributed by atoms with Crippen molar-refractivity contribution < 1.29 is 14.5 Å². The summed E-state index contributed by atoms with van der Waals surface area (Å²) < 4.78 is 4.59. The van der Waals surface area contributed by atoms with Gasteiger partial charge in [-0.2, -0.15) is 0 Å². The Hall–Kier alpha value is -3.23. The van der Waals surface area contributed by atoms with Gasteiger partial charge in [-0.25, -0.2) is 9.97 Å². The van der Waals surface area contributed by atoms with E-state index in [4.69, 9.17) is 0 Å². The van der Waals surface area contributed by atoms with Gasteiger partial charge in [0.05, 0.1) is 12.0 Å². The van der Waals surface area contributed by atoms with Crippen LogP contribution in [0.15, 0.2) is 36.7 Å². The van der Waals surface area contributed by atoms with Crippen molar-refractivity contribution in [3.05, 3.63) is 46.8 Å². The zero-order chi connectivity index (χ0) is 17.7. The maximum atomic E-state index is 11.6. The molecule has 0 unspecified atom stereocenters. The molecule has 0 aliphatic carbocycles. The van der Waals surface area contributed by atoms with E-state index >= 15 is 0 Å². The molecule has 0 atom stereocenters. The number of hydrogen-bond donors (Lipinski definition) is 0. The number of nitro groups is 1. The van der Waals surface area contributed by atoms with Crippen LogP contribution < -0.4 is 9.80 Å². The van der Waals surface area contributed by atoms with E-state index in [9.17, 15) is 14.9 Å². The number of anilines is 3. The molecule has 0 N–H and O–H groups in total. The van der Waals surface area contributed by atoms with E-state index in [1.807, 2.05) is 30.3 Å². The van der Waals surface area contributed by atoms with Gasteiger partial charge in [0.1, 0.15) is 12.9 Å². The molecule has 0 aliphatic rings. The number of carbonyl (C=O) groups is 1. The predicted molar refractivity (Wildman–Crippen MR) is 88.5 cm³/mol. The highest BCUT2D eigenvalue weighted by molar-refractivity contribution is 5.80. The highest BCUT2D eigenvalue weighted by Gasteiger charge is 2.29. The van der Waals surface area contributed by atoms with Crippen LogP contribution in [-0.2, 0) is 9.53 Å². The van der Waals surface area contributed by atoms with Gasteiger partial charge in [0.2, 0.25) is 11.6 Å². The molecule has 0 bridgehead atoms. The van der Waals surface area contributed by atoms with Crippen molar-refractivity contribution in [1.29, 1.82) is 0 Å². The van der Waals surface area contributed by atoms with Gasteiger partial charge in [-0.1, -0.05) is 18.2 Å². The van der Waals surface area contributed by atoms with Crippen LogP contribution in [0.1, 0.15) is 0 Å². The number of hydrogen-bond acceptors (Lipinski definition) is 8. The van der Waals surface area contributed by atoms with E-state index in [0.717, 1.165) is 5.69 Å².